The molecule has 1 fully saturated rings. The van der Waals surface area contributed by atoms with Gasteiger partial charge >= 0.3 is 5.97 Å². The van der Waals surface area contributed by atoms with E-state index in [0.29, 0.717) is 36.7 Å². The predicted octanol–water partition coefficient (Wildman–Crippen LogP) is 0.561. The van der Waals surface area contributed by atoms with Crippen LogP contribution in [-0.2, 0) is 14.2 Å². The molecule has 0 saturated carbocycles. The molecule has 1 heterocycles. The number of quaternary nitrogens is 1. The first-order valence-corrected chi connectivity index (χ1v) is 8.46. The molecule has 1 N–H and O–H groups in total. The molecule has 0 spiro atoms. The minimum atomic E-state index is -0.348. The van der Waals surface area contributed by atoms with Crippen molar-refractivity contribution >= 4 is 5.97 Å². The average Bonchev–Trinajstić information content (AvgIpc) is 2.57. The zero-order chi connectivity index (χ0) is 17.4. The molecule has 134 valence electrons. The molecule has 0 amide bonds. The van der Waals surface area contributed by atoms with Crippen LogP contribution >= 0.6 is 0 Å². The highest BCUT2D eigenvalue weighted by Crippen LogP contribution is 2.12. The number of hydrogen-bond donors (Lipinski definition) is 1. The molecule has 2 atom stereocenters. The van der Waals surface area contributed by atoms with Crippen LogP contribution in [0.4, 0.5) is 0 Å². The van der Waals surface area contributed by atoms with Crippen LogP contribution in [0.15, 0.2) is 24.3 Å². The van der Waals surface area contributed by atoms with Crippen molar-refractivity contribution in [2.45, 2.75) is 26.1 Å². The molecule has 0 radical (unpaired) electrons. The van der Waals surface area contributed by atoms with Gasteiger partial charge in [0.1, 0.15) is 44.2 Å². The summed E-state index contributed by atoms with van der Waals surface area (Å²) in [5.74, 6) is 0.367. The highest BCUT2D eigenvalue weighted by Gasteiger charge is 2.24. The molecule has 1 aliphatic rings. The fraction of sp³-hybridized carbons (Fsp3) is 0.611. The Morgan fingerprint density at radius 1 is 1.12 bits per heavy atom. The van der Waals surface area contributed by atoms with Gasteiger partial charge < -0.3 is 23.8 Å². The molecule has 6 nitrogen and oxygen atoms in total. The summed E-state index contributed by atoms with van der Waals surface area (Å²) >= 11 is 0. The van der Waals surface area contributed by atoms with Crippen LogP contribution in [0.1, 0.15) is 24.2 Å². The Bertz CT molecular complexity index is 495. The van der Waals surface area contributed by atoms with Gasteiger partial charge in [-0.25, -0.2) is 4.79 Å². The van der Waals surface area contributed by atoms with Gasteiger partial charge in [-0.1, -0.05) is 0 Å². The van der Waals surface area contributed by atoms with E-state index in [0.717, 1.165) is 26.2 Å². The molecule has 1 saturated heterocycles. The minimum absolute atomic E-state index is 0.319. The minimum Gasteiger partial charge on any atom is -0.491 e. The maximum absolute atomic E-state index is 11.3. The van der Waals surface area contributed by atoms with Crippen LogP contribution < -0.4 is 9.64 Å². The van der Waals surface area contributed by atoms with Gasteiger partial charge in [-0.2, -0.15) is 0 Å². The third-order valence-electron chi connectivity index (χ3n) is 3.99. The molecule has 2 rings (SSSR count). The first-order valence-electron chi connectivity index (χ1n) is 8.46. The Morgan fingerprint density at radius 2 is 1.79 bits per heavy atom. The standard InChI is InChI=1S/C18H27NO5/c1-14-12-19(13-15(2)24-14)8-9-22-10-11-23-17-6-4-16(5-7-17)18(20)21-3/h4-7,14-15H,8-13H2,1-3H3/p+1/t14-,15-/m0/s1. The predicted molar refractivity (Wildman–Crippen MR) is 89.7 cm³/mol. The van der Waals surface area contributed by atoms with Crippen molar-refractivity contribution in [2.24, 2.45) is 0 Å². The molecule has 0 aliphatic carbocycles. The van der Waals surface area contributed by atoms with E-state index in [1.54, 1.807) is 24.3 Å². The highest BCUT2D eigenvalue weighted by molar-refractivity contribution is 5.89. The van der Waals surface area contributed by atoms with Crippen molar-refractivity contribution in [1.82, 2.24) is 0 Å². The van der Waals surface area contributed by atoms with Gasteiger partial charge in [-0.3, -0.25) is 0 Å². The lowest BCUT2D eigenvalue weighted by Gasteiger charge is -2.32. The SMILES string of the molecule is COC(=O)c1ccc(OCCOCC[NH+]2C[C@H](C)O[C@@H](C)C2)cc1. The summed E-state index contributed by atoms with van der Waals surface area (Å²) in [7, 11) is 1.37. The van der Waals surface area contributed by atoms with Gasteiger partial charge in [0.15, 0.2) is 0 Å². The van der Waals surface area contributed by atoms with Crippen LogP contribution in [0.25, 0.3) is 0 Å². The van der Waals surface area contributed by atoms with Gasteiger partial charge in [0.2, 0.25) is 0 Å². The van der Waals surface area contributed by atoms with E-state index in [4.69, 9.17) is 14.2 Å². The number of benzene rings is 1. The molecule has 0 bridgehead atoms. The smallest absolute Gasteiger partial charge is 0.337 e. The number of hydrogen-bond acceptors (Lipinski definition) is 5. The van der Waals surface area contributed by atoms with E-state index in [9.17, 15) is 4.79 Å². The van der Waals surface area contributed by atoms with Crippen LogP contribution in [0.3, 0.4) is 0 Å². The summed E-state index contributed by atoms with van der Waals surface area (Å²) in [6.07, 6.45) is 0.639. The number of carbonyl (C=O) groups is 1. The van der Waals surface area contributed by atoms with Crippen LogP contribution in [0.5, 0.6) is 5.75 Å². The third kappa shape index (κ3) is 6.11. The summed E-state index contributed by atoms with van der Waals surface area (Å²) in [5.41, 5.74) is 0.512. The molecule has 24 heavy (non-hydrogen) atoms. The van der Waals surface area contributed by atoms with Crippen molar-refractivity contribution in [1.29, 1.82) is 0 Å². The maximum Gasteiger partial charge on any atom is 0.337 e. The number of rotatable bonds is 8. The fourth-order valence-electron chi connectivity index (χ4n) is 2.94. The van der Waals surface area contributed by atoms with Crippen LogP contribution in [0.2, 0.25) is 0 Å². The van der Waals surface area contributed by atoms with E-state index in [-0.39, 0.29) is 5.97 Å². The van der Waals surface area contributed by atoms with E-state index < -0.39 is 0 Å². The van der Waals surface area contributed by atoms with Crippen LogP contribution in [-0.4, -0.2) is 64.7 Å². The first-order chi connectivity index (χ1) is 11.6. The van der Waals surface area contributed by atoms with Gasteiger partial charge in [0.25, 0.3) is 0 Å². The summed E-state index contributed by atoms with van der Waals surface area (Å²) in [6, 6.07) is 6.89. The lowest BCUT2D eigenvalue weighted by molar-refractivity contribution is -0.915. The van der Waals surface area contributed by atoms with E-state index >= 15 is 0 Å². The second-order valence-corrected chi connectivity index (χ2v) is 6.14. The Balaban J connectivity index is 1.57. The van der Waals surface area contributed by atoms with Crippen LogP contribution in [0, 0.1) is 0 Å². The number of esters is 1. The summed E-state index contributed by atoms with van der Waals surface area (Å²) in [5, 5.41) is 0. The summed E-state index contributed by atoms with van der Waals surface area (Å²) in [6.45, 7) is 9.07. The molecule has 6 heteroatoms. The van der Waals surface area contributed by atoms with E-state index in [1.165, 1.54) is 12.0 Å². The number of nitrogens with one attached hydrogen (secondary N) is 1. The Kier molecular flexibility index (Phi) is 7.49. The Labute approximate surface area is 143 Å². The lowest BCUT2D eigenvalue weighted by atomic mass is 10.2. The number of methoxy groups -OCH3 is 1. The molecular weight excluding hydrogens is 310 g/mol. The van der Waals surface area contributed by atoms with Gasteiger partial charge in [0.05, 0.1) is 25.9 Å². The van der Waals surface area contributed by atoms with Crippen molar-refractivity contribution in [3.05, 3.63) is 29.8 Å². The van der Waals surface area contributed by atoms with Crippen molar-refractivity contribution in [3.8, 4) is 5.75 Å². The normalized spacial score (nSPS) is 23.7. The largest absolute Gasteiger partial charge is 0.491 e. The zero-order valence-electron chi connectivity index (χ0n) is 14.7. The summed E-state index contributed by atoms with van der Waals surface area (Å²) in [4.78, 5) is 12.9. The lowest BCUT2D eigenvalue weighted by Crippen LogP contribution is -3.15. The van der Waals surface area contributed by atoms with Crippen molar-refractivity contribution < 1.29 is 28.6 Å². The van der Waals surface area contributed by atoms with E-state index in [2.05, 4.69) is 18.6 Å². The fourth-order valence-corrected chi connectivity index (χ4v) is 2.94. The third-order valence-corrected chi connectivity index (χ3v) is 3.99. The molecule has 1 aromatic rings. The van der Waals surface area contributed by atoms with Gasteiger partial charge in [-0.05, 0) is 38.1 Å². The van der Waals surface area contributed by atoms with Crippen molar-refractivity contribution in [2.75, 3.05) is 46.6 Å². The van der Waals surface area contributed by atoms with Gasteiger partial charge in [-0.15, -0.1) is 0 Å². The highest BCUT2D eigenvalue weighted by atomic mass is 16.5. The number of carbonyl (C=O) groups excluding carboxylic acids is 1. The molecular formula is C18H28NO5+. The molecule has 0 unspecified atom stereocenters. The number of ether oxygens (including phenoxy) is 4. The van der Waals surface area contributed by atoms with E-state index in [1.807, 2.05) is 0 Å². The topological polar surface area (TPSA) is 58.4 Å². The Hall–Kier alpha value is -1.63. The second-order valence-electron chi connectivity index (χ2n) is 6.14. The second kappa shape index (κ2) is 9.61. The monoisotopic (exact) mass is 338 g/mol. The Morgan fingerprint density at radius 3 is 2.42 bits per heavy atom. The quantitative estimate of drug-likeness (QED) is 0.554. The maximum atomic E-state index is 11.3. The zero-order valence-corrected chi connectivity index (χ0v) is 14.7. The van der Waals surface area contributed by atoms with Crippen molar-refractivity contribution in [3.63, 3.8) is 0 Å². The molecule has 1 aromatic carbocycles. The molecule has 0 aromatic heterocycles. The van der Waals surface area contributed by atoms with Gasteiger partial charge in [0, 0.05) is 0 Å². The first kappa shape index (κ1) is 18.7. The summed E-state index contributed by atoms with van der Waals surface area (Å²) < 4.78 is 21.6. The average molecular weight is 338 g/mol. The number of morpholine rings is 1. The molecule has 1 aliphatic heterocycles.